The zero-order valence-electron chi connectivity index (χ0n) is 12.7. The van der Waals surface area contributed by atoms with Crippen molar-refractivity contribution in [3.63, 3.8) is 0 Å². The number of carbonyl (C=O) groups excluding carboxylic acids is 1. The molecule has 0 aromatic heterocycles. The van der Waals surface area contributed by atoms with Crippen LogP contribution >= 0.6 is 0 Å². The summed E-state index contributed by atoms with van der Waals surface area (Å²) < 4.78 is 29.8. The van der Waals surface area contributed by atoms with Crippen LogP contribution in [0.4, 0.5) is 0 Å². The van der Waals surface area contributed by atoms with E-state index < -0.39 is 21.9 Å². The molecule has 1 aromatic carbocycles. The van der Waals surface area contributed by atoms with E-state index in [1.807, 2.05) is 32.9 Å². The van der Waals surface area contributed by atoms with Gasteiger partial charge >= 0.3 is 5.97 Å². The van der Waals surface area contributed by atoms with Crippen LogP contribution in [0.1, 0.15) is 37.0 Å². The number of hydrogen-bond acceptors (Lipinski definition) is 4. The lowest BCUT2D eigenvalue weighted by Crippen LogP contribution is -2.18. The molecule has 0 aliphatic rings. The molecule has 5 heteroatoms. The Morgan fingerprint density at radius 2 is 1.70 bits per heavy atom. The molecule has 0 heterocycles. The summed E-state index contributed by atoms with van der Waals surface area (Å²) in [6.07, 6.45) is -0.0948. The molecule has 0 fully saturated rings. The molecule has 1 aromatic rings. The molecule has 0 radical (unpaired) electrons. The lowest BCUT2D eigenvalue weighted by molar-refractivity contribution is -0.145. The fourth-order valence-corrected chi connectivity index (χ4v) is 4.37. The third kappa shape index (κ3) is 4.34. The van der Waals surface area contributed by atoms with Crippen LogP contribution in [0.5, 0.6) is 0 Å². The molecular weight excluding hydrogens is 276 g/mol. The first-order chi connectivity index (χ1) is 9.13. The molecule has 4 nitrogen and oxygen atoms in total. The molecule has 1 unspecified atom stereocenters. The summed E-state index contributed by atoms with van der Waals surface area (Å²) in [5, 5.41) is 0. The van der Waals surface area contributed by atoms with Crippen LogP contribution in [-0.4, -0.2) is 26.2 Å². The first kappa shape index (κ1) is 16.7. The molecule has 0 saturated heterocycles. The Kier molecular flexibility index (Phi) is 5.34. The highest BCUT2D eigenvalue weighted by Crippen LogP contribution is 2.23. The molecule has 0 amide bonds. The fourth-order valence-electron chi connectivity index (χ4n) is 2.42. The molecule has 1 rings (SSSR count). The Balaban J connectivity index is 2.93. The first-order valence-corrected chi connectivity index (χ1v) is 8.26. The van der Waals surface area contributed by atoms with Gasteiger partial charge in [-0.3, -0.25) is 4.79 Å². The first-order valence-electron chi connectivity index (χ1n) is 6.61. The number of hydrogen-bond donors (Lipinski definition) is 0. The molecule has 0 bridgehead atoms. The molecule has 0 saturated carbocycles. The van der Waals surface area contributed by atoms with Gasteiger partial charge in [-0.15, -0.1) is 0 Å². The second-order valence-corrected chi connectivity index (χ2v) is 7.30. The fraction of sp³-hybridized carbons (Fsp3) is 0.533. The van der Waals surface area contributed by atoms with Gasteiger partial charge < -0.3 is 4.74 Å². The molecule has 112 valence electrons. The number of esters is 1. The van der Waals surface area contributed by atoms with Gasteiger partial charge in [0.25, 0.3) is 0 Å². The van der Waals surface area contributed by atoms with Crippen LogP contribution in [-0.2, 0) is 19.4 Å². The lowest BCUT2D eigenvalue weighted by atomic mass is 10.1. The van der Waals surface area contributed by atoms with Crippen molar-refractivity contribution in [1.29, 1.82) is 0 Å². The normalized spacial score (nSPS) is 13.1. The number of sulfone groups is 1. The Labute approximate surface area is 121 Å². The molecular formula is C15H22O4S. The summed E-state index contributed by atoms with van der Waals surface area (Å²) in [6, 6.07) is 3.74. The van der Waals surface area contributed by atoms with Gasteiger partial charge in [-0.05, 0) is 45.2 Å². The minimum atomic E-state index is -3.36. The summed E-state index contributed by atoms with van der Waals surface area (Å²) in [6.45, 7) is 8.58. The number of benzene rings is 1. The minimum absolute atomic E-state index is 0.0216. The summed E-state index contributed by atoms with van der Waals surface area (Å²) >= 11 is 0. The van der Waals surface area contributed by atoms with Gasteiger partial charge in [-0.1, -0.05) is 17.7 Å². The Bertz CT molecular complexity index is 579. The van der Waals surface area contributed by atoms with Gasteiger partial charge in [0.1, 0.15) is 0 Å². The van der Waals surface area contributed by atoms with Gasteiger partial charge in [0.05, 0.1) is 16.8 Å². The number of ether oxygens (including phenoxy) is 1. The van der Waals surface area contributed by atoms with E-state index in [9.17, 15) is 13.2 Å². The highest BCUT2D eigenvalue weighted by atomic mass is 32.2. The summed E-state index contributed by atoms with van der Waals surface area (Å²) in [7, 11) is -3.36. The van der Waals surface area contributed by atoms with Gasteiger partial charge in [-0.25, -0.2) is 8.42 Å². The molecule has 0 aliphatic carbocycles. The van der Waals surface area contributed by atoms with Gasteiger partial charge in [0, 0.05) is 6.92 Å². The Hall–Kier alpha value is -1.36. The second-order valence-electron chi connectivity index (χ2n) is 5.26. The Morgan fingerprint density at radius 1 is 1.20 bits per heavy atom. The van der Waals surface area contributed by atoms with Crippen molar-refractivity contribution < 1.29 is 17.9 Å². The quantitative estimate of drug-likeness (QED) is 0.784. The maximum Gasteiger partial charge on any atom is 0.302 e. The van der Waals surface area contributed by atoms with E-state index in [4.69, 9.17) is 4.74 Å². The second kappa shape index (κ2) is 6.39. The summed E-state index contributed by atoms with van der Waals surface area (Å²) in [5.41, 5.74) is 2.58. The average Bonchev–Trinajstić information content (AvgIpc) is 2.23. The van der Waals surface area contributed by atoms with E-state index in [1.54, 1.807) is 6.92 Å². The van der Waals surface area contributed by atoms with Crippen LogP contribution in [0.2, 0.25) is 0 Å². The largest absolute Gasteiger partial charge is 0.463 e. The van der Waals surface area contributed by atoms with Crippen molar-refractivity contribution in [2.45, 2.75) is 52.0 Å². The maximum atomic E-state index is 12.4. The van der Waals surface area contributed by atoms with E-state index >= 15 is 0 Å². The van der Waals surface area contributed by atoms with Crippen LogP contribution in [0.15, 0.2) is 17.0 Å². The van der Waals surface area contributed by atoms with Gasteiger partial charge in [0.15, 0.2) is 9.84 Å². The highest BCUT2D eigenvalue weighted by molar-refractivity contribution is 7.91. The van der Waals surface area contributed by atoms with Gasteiger partial charge in [0.2, 0.25) is 0 Å². The van der Waals surface area contributed by atoms with Crippen LogP contribution in [0.25, 0.3) is 0 Å². The van der Waals surface area contributed by atoms with Crippen molar-refractivity contribution in [3.8, 4) is 0 Å². The monoisotopic (exact) mass is 298 g/mol. The van der Waals surface area contributed by atoms with Crippen LogP contribution in [0.3, 0.4) is 0 Å². The smallest absolute Gasteiger partial charge is 0.302 e. The molecule has 0 spiro atoms. The molecule has 20 heavy (non-hydrogen) atoms. The topological polar surface area (TPSA) is 60.4 Å². The summed E-state index contributed by atoms with van der Waals surface area (Å²) in [4.78, 5) is 11.2. The third-order valence-electron chi connectivity index (χ3n) is 3.08. The van der Waals surface area contributed by atoms with Crippen molar-refractivity contribution in [2.24, 2.45) is 0 Å². The third-order valence-corrected chi connectivity index (χ3v) is 5.12. The number of aryl methyl sites for hydroxylation is 3. The predicted octanol–water partition coefficient (Wildman–Crippen LogP) is 2.73. The summed E-state index contributed by atoms with van der Waals surface area (Å²) in [5.74, 6) is -0.413. The molecule has 0 aliphatic heterocycles. The van der Waals surface area contributed by atoms with E-state index in [1.165, 1.54) is 6.92 Å². The lowest BCUT2D eigenvalue weighted by Gasteiger charge is -2.15. The SMILES string of the molecule is CC(=O)OC(C)CCS(=O)(=O)c1c(C)cc(C)cc1C. The van der Waals surface area contributed by atoms with E-state index in [2.05, 4.69) is 0 Å². The number of rotatable bonds is 5. The highest BCUT2D eigenvalue weighted by Gasteiger charge is 2.21. The Morgan fingerprint density at radius 3 is 2.15 bits per heavy atom. The van der Waals surface area contributed by atoms with Gasteiger partial charge in [-0.2, -0.15) is 0 Å². The minimum Gasteiger partial charge on any atom is -0.463 e. The van der Waals surface area contributed by atoms with Crippen molar-refractivity contribution >= 4 is 15.8 Å². The van der Waals surface area contributed by atoms with E-state index in [-0.39, 0.29) is 5.75 Å². The zero-order chi connectivity index (χ0) is 15.5. The zero-order valence-corrected chi connectivity index (χ0v) is 13.5. The van der Waals surface area contributed by atoms with E-state index in [0.717, 1.165) is 16.7 Å². The van der Waals surface area contributed by atoms with E-state index in [0.29, 0.717) is 11.3 Å². The average molecular weight is 298 g/mol. The van der Waals surface area contributed by atoms with Crippen molar-refractivity contribution in [2.75, 3.05) is 5.75 Å². The van der Waals surface area contributed by atoms with Crippen LogP contribution < -0.4 is 0 Å². The molecule has 1 atom stereocenters. The van der Waals surface area contributed by atoms with Crippen molar-refractivity contribution in [3.05, 3.63) is 28.8 Å². The maximum absolute atomic E-state index is 12.4. The van der Waals surface area contributed by atoms with Crippen LogP contribution in [0, 0.1) is 20.8 Å². The standard InChI is InChI=1S/C15H22O4S/c1-10-8-11(2)15(12(3)9-10)20(17,18)7-6-13(4)19-14(5)16/h8-9,13H,6-7H2,1-5H3. The molecule has 0 N–H and O–H groups in total. The number of carbonyl (C=O) groups is 1. The van der Waals surface area contributed by atoms with Crippen molar-refractivity contribution in [1.82, 2.24) is 0 Å². The predicted molar refractivity (Wildman–Crippen MR) is 78.6 cm³/mol.